The molecule has 0 saturated heterocycles. The second kappa shape index (κ2) is 9.66. The number of para-hydroxylation sites is 1. The summed E-state index contributed by atoms with van der Waals surface area (Å²) >= 11 is 0. The molecular formula is C19H31NO2Si. The van der Waals surface area contributed by atoms with Gasteiger partial charge in [0.05, 0.1) is 18.6 Å². The third kappa shape index (κ3) is 4.77. The molecule has 0 spiro atoms. The average molecular weight is 334 g/mol. The monoisotopic (exact) mass is 333 g/mol. The summed E-state index contributed by atoms with van der Waals surface area (Å²) in [4.78, 5) is 11.3. The zero-order valence-electron chi connectivity index (χ0n) is 15.1. The average Bonchev–Trinajstić information content (AvgIpc) is 2.58. The fourth-order valence-electron chi connectivity index (χ4n) is 3.43. The van der Waals surface area contributed by atoms with E-state index in [1.54, 1.807) is 12.1 Å². The van der Waals surface area contributed by atoms with Crippen LogP contribution >= 0.6 is 0 Å². The van der Waals surface area contributed by atoms with Crippen LogP contribution in [0.2, 0.25) is 18.1 Å². The zero-order valence-corrected chi connectivity index (χ0v) is 16.1. The summed E-state index contributed by atoms with van der Waals surface area (Å²) in [7, 11) is -1.67. The topological polar surface area (TPSA) is 43.1 Å². The van der Waals surface area contributed by atoms with E-state index in [4.69, 9.17) is 0 Å². The molecule has 4 heteroatoms. The molecule has 1 aromatic rings. The Morgan fingerprint density at radius 1 is 1.09 bits per heavy atom. The Bertz CT molecular complexity index is 528. The molecule has 128 valence electrons. The lowest BCUT2D eigenvalue weighted by atomic mass is 10.1. The first-order valence-corrected chi connectivity index (χ1v) is 11.6. The Kier molecular flexibility index (Phi) is 8.24. The Hall–Kier alpha value is -1.42. The van der Waals surface area contributed by atoms with Gasteiger partial charge in [0.15, 0.2) is 0 Å². The fourth-order valence-corrected chi connectivity index (χ4v) is 7.44. The zero-order chi connectivity index (χ0) is 17.3. The highest BCUT2D eigenvalue weighted by atomic mass is 28.3. The van der Waals surface area contributed by atoms with Gasteiger partial charge in [-0.25, -0.2) is 0 Å². The van der Waals surface area contributed by atoms with E-state index in [1.807, 2.05) is 12.1 Å². The molecule has 0 bridgehead atoms. The van der Waals surface area contributed by atoms with Crippen molar-refractivity contribution in [1.82, 2.24) is 0 Å². The van der Waals surface area contributed by atoms with E-state index >= 15 is 0 Å². The molecule has 1 aromatic carbocycles. The number of rotatable bonds is 10. The van der Waals surface area contributed by atoms with Gasteiger partial charge in [-0.2, -0.15) is 0 Å². The summed E-state index contributed by atoms with van der Waals surface area (Å²) in [5.41, 5.74) is 1.13. The van der Waals surface area contributed by atoms with Crippen molar-refractivity contribution in [3.63, 3.8) is 0 Å². The standard InChI is InChI=1S/C19H31NO2Si/c1-5-9-10-11-16-19(23(6-2,7-3)8-4)17-14-12-13-15-18(17)20(21)22/h12-16H,5-11H2,1-4H3/b19-16+. The second-order valence-electron chi connectivity index (χ2n) is 6.23. The minimum absolute atomic E-state index is 0.227. The highest BCUT2D eigenvalue weighted by Crippen LogP contribution is 2.39. The normalized spacial score (nSPS) is 12.4. The largest absolute Gasteiger partial charge is 0.276 e. The highest BCUT2D eigenvalue weighted by molar-refractivity contribution is 6.96. The molecule has 1 rings (SSSR count). The highest BCUT2D eigenvalue weighted by Gasteiger charge is 2.34. The molecule has 0 saturated carbocycles. The summed E-state index contributed by atoms with van der Waals surface area (Å²) < 4.78 is 0. The lowest BCUT2D eigenvalue weighted by Crippen LogP contribution is -2.34. The van der Waals surface area contributed by atoms with Gasteiger partial charge in [-0.15, -0.1) is 0 Å². The van der Waals surface area contributed by atoms with Crippen LogP contribution in [0.15, 0.2) is 30.3 Å². The quantitative estimate of drug-likeness (QED) is 0.209. The molecule has 0 aliphatic rings. The Morgan fingerprint density at radius 2 is 1.70 bits per heavy atom. The van der Waals surface area contributed by atoms with Crippen LogP contribution in [-0.2, 0) is 0 Å². The SMILES string of the molecule is CCCCC/C=C(\c1ccccc1[N+](=O)[O-])[Si](CC)(CC)CC. The van der Waals surface area contributed by atoms with Crippen LogP contribution in [0.4, 0.5) is 5.69 Å². The van der Waals surface area contributed by atoms with E-state index in [1.165, 1.54) is 24.5 Å². The molecule has 0 aliphatic carbocycles. The fraction of sp³-hybridized carbons (Fsp3) is 0.579. The predicted octanol–water partition coefficient (Wildman–Crippen LogP) is 6.61. The van der Waals surface area contributed by atoms with Crippen LogP contribution in [0, 0.1) is 10.1 Å². The van der Waals surface area contributed by atoms with Crippen molar-refractivity contribution in [2.75, 3.05) is 0 Å². The van der Waals surface area contributed by atoms with E-state index in [0.717, 1.165) is 30.1 Å². The molecular weight excluding hydrogens is 302 g/mol. The molecule has 0 N–H and O–H groups in total. The van der Waals surface area contributed by atoms with Crippen LogP contribution in [0.1, 0.15) is 58.9 Å². The molecule has 0 atom stereocenters. The maximum Gasteiger partial charge on any atom is 0.276 e. The first kappa shape index (κ1) is 19.6. The molecule has 0 aromatic heterocycles. The van der Waals surface area contributed by atoms with Crippen LogP contribution < -0.4 is 0 Å². The van der Waals surface area contributed by atoms with Gasteiger partial charge in [0.25, 0.3) is 5.69 Å². The summed E-state index contributed by atoms with van der Waals surface area (Å²) in [6.07, 6.45) is 6.96. The van der Waals surface area contributed by atoms with Crippen molar-refractivity contribution < 1.29 is 4.92 Å². The number of nitro groups is 1. The van der Waals surface area contributed by atoms with Gasteiger partial charge in [0.1, 0.15) is 0 Å². The van der Waals surface area contributed by atoms with Crippen molar-refractivity contribution in [3.05, 3.63) is 46.0 Å². The lowest BCUT2D eigenvalue weighted by Gasteiger charge is -2.31. The number of nitrogens with zero attached hydrogens (tertiary/aromatic N) is 1. The minimum atomic E-state index is -1.67. The van der Waals surface area contributed by atoms with E-state index in [2.05, 4.69) is 33.8 Å². The number of nitro benzene ring substituents is 1. The second-order valence-corrected chi connectivity index (χ2v) is 11.4. The molecule has 3 nitrogen and oxygen atoms in total. The number of hydrogen-bond donors (Lipinski definition) is 0. The van der Waals surface area contributed by atoms with Crippen LogP contribution in [0.3, 0.4) is 0 Å². The maximum atomic E-state index is 11.5. The molecule has 23 heavy (non-hydrogen) atoms. The van der Waals surface area contributed by atoms with Gasteiger partial charge in [-0.3, -0.25) is 10.1 Å². The van der Waals surface area contributed by atoms with Crippen LogP contribution in [-0.4, -0.2) is 13.0 Å². The first-order valence-electron chi connectivity index (χ1n) is 9.00. The molecule has 0 amide bonds. The van der Waals surface area contributed by atoms with E-state index in [9.17, 15) is 10.1 Å². The van der Waals surface area contributed by atoms with Crippen molar-refractivity contribution in [2.45, 2.75) is 71.5 Å². The number of unbranched alkanes of at least 4 members (excludes halogenated alkanes) is 3. The number of benzene rings is 1. The summed E-state index contributed by atoms with van der Waals surface area (Å²) in [5, 5.41) is 12.8. The van der Waals surface area contributed by atoms with Gasteiger partial charge < -0.3 is 0 Å². The van der Waals surface area contributed by atoms with Gasteiger partial charge >= 0.3 is 0 Å². The molecule has 0 heterocycles. The third-order valence-corrected chi connectivity index (χ3v) is 10.8. The smallest absolute Gasteiger partial charge is 0.258 e. The Balaban J connectivity index is 3.37. The Morgan fingerprint density at radius 3 is 2.22 bits per heavy atom. The van der Waals surface area contributed by atoms with E-state index in [0.29, 0.717) is 0 Å². The summed E-state index contributed by atoms with van der Waals surface area (Å²) in [6.45, 7) is 8.98. The van der Waals surface area contributed by atoms with Gasteiger partial charge in [-0.05, 0) is 24.1 Å². The number of allylic oxidation sites excluding steroid dienone is 1. The first-order chi connectivity index (χ1) is 11.1. The van der Waals surface area contributed by atoms with Crippen molar-refractivity contribution in [1.29, 1.82) is 0 Å². The maximum absolute atomic E-state index is 11.5. The van der Waals surface area contributed by atoms with Crippen molar-refractivity contribution in [2.24, 2.45) is 0 Å². The van der Waals surface area contributed by atoms with Crippen molar-refractivity contribution >= 4 is 19.0 Å². The molecule has 0 aliphatic heterocycles. The molecule has 0 radical (unpaired) electrons. The van der Waals surface area contributed by atoms with Gasteiger partial charge in [0.2, 0.25) is 0 Å². The van der Waals surface area contributed by atoms with Crippen molar-refractivity contribution in [3.8, 4) is 0 Å². The van der Waals surface area contributed by atoms with Crippen LogP contribution in [0.5, 0.6) is 0 Å². The lowest BCUT2D eigenvalue weighted by molar-refractivity contribution is -0.385. The third-order valence-electron chi connectivity index (χ3n) is 5.15. The summed E-state index contributed by atoms with van der Waals surface area (Å²) in [6, 6.07) is 10.7. The summed E-state index contributed by atoms with van der Waals surface area (Å²) in [5.74, 6) is 0. The predicted molar refractivity (Wildman–Crippen MR) is 102 cm³/mol. The molecule has 0 fully saturated rings. The number of hydrogen-bond acceptors (Lipinski definition) is 2. The Labute approximate surface area is 142 Å². The minimum Gasteiger partial charge on any atom is -0.258 e. The van der Waals surface area contributed by atoms with E-state index in [-0.39, 0.29) is 10.6 Å². The van der Waals surface area contributed by atoms with Gasteiger partial charge in [-0.1, -0.05) is 76.9 Å². The molecule has 0 unspecified atom stereocenters. The van der Waals surface area contributed by atoms with Crippen LogP contribution in [0.25, 0.3) is 5.20 Å². The van der Waals surface area contributed by atoms with E-state index < -0.39 is 8.07 Å². The van der Waals surface area contributed by atoms with Gasteiger partial charge in [0, 0.05) is 6.07 Å².